The fourth-order valence-corrected chi connectivity index (χ4v) is 3.15. The van der Waals surface area contributed by atoms with E-state index in [4.69, 9.17) is 0 Å². The highest BCUT2D eigenvalue weighted by Gasteiger charge is 2.23. The van der Waals surface area contributed by atoms with Gasteiger partial charge in [-0.15, -0.1) is 0 Å². The Hall–Kier alpha value is -1.82. The maximum absolute atomic E-state index is 4.29. The Morgan fingerprint density at radius 1 is 0.913 bits per heavy atom. The van der Waals surface area contributed by atoms with Gasteiger partial charge in [0.1, 0.15) is 0 Å². The molecule has 1 rings (SSSR count). The zero-order chi connectivity index (χ0) is 17.4. The summed E-state index contributed by atoms with van der Waals surface area (Å²) in [5, 5.41) is 0. The average molecular weight is 309 g/mol. The van der Waals surface area contributed by atoms with E-state index in [1.54, 1.807) is 0 Å². The van der Waals surface area contributed by atoms with Crippen molar-refractivity contribution in [2.45, 2.75) is 46.5 Å². The molecule has 0 atom stereocenters. The lowest BCUT2D eigenvalue weighted by atomic mass is 9.75. The average Bonchev–Trinajstić information content (AvgIpc) is 2.54. The third-order valence-electron chi connectivity index (χ3n) is 4.77. The lowest BCUT2D eigenvalue weighted by Crippen LogP contribution is -2.16. The van der Waals surface area contributed by atoms with Crippen molar-refractivity contribution in [3.63, 3.8) is 0 Å². The van der Waals surface area contributed by atoms with Gasteiger partial charge in [-0.25, -0.2) is 0 Å². The van der Waals surface area contributed by atoms with Crippen LogP contribution in [0.25, 0.3) is 0 Å². The minimum absolute atomic E-state index is 0.599. The van der Waals surface area contributed by atoms with E-state index < -0.39 is 0 Å². The first-order valence-corrected chi connectivity index (χ1v) is 8.57. The molecule has 0 radical (unpaired) electrons. The van der Waals surface area contributed by atoms with Gasteiger partial charge in [0.15, 0.2) is 0 Å². The summed E-state index contributed by atoms with van der Waals surface area (Å²) in [7, 11) is 0. The van der Waals surface area contributed by atoms with E-state index in [1.807, 2.05) is 13.0 Å². The topological polar surface area (TPSA) is 0 Å². The summed E-state index contributed by atoms with van der Waals surface area (Å²) in [6.07, 6.45) is 15.5. The van der Waals surface area contributed by atoms with Gasteiger partial charge in [0.2, 0.25) is 0 Å². The molecule has 0 spiro atoms. The third kappa shape index (κ3) is 6.06. The molecule has 0 aromatic heterocycles. The predicted molar refractivity (Wildman–Crippen MR) is 105 cm³/mol. The van der Waals surface area contributed by atoms with Gasteiger partial charge in [-0.1, -0.05) is 67.8 Å². The second-order valence-electron chi connectivity index (χ2n) is 6.65. The van der Waals surface area contributed by atoms with Crippen LogP contribution in [-0.2, 0) is 0 Å². The standard InChI is InChI=1S/C23H32/c1-8-18(5)19(6)16-20(7)22-12-14-23(15-13-22)21(9-2)11-10-17(3)4/h8-11,16,22-23H,1,3,5,7,12-15H2,2,4,6H3/b11-10-,19-16+,21-9+. The highest BCUT2D eigenvalue weighted by molar-refractivity contribution is 5.39. The molecule has 0 saturated heterocycles. The van der Waals surface area contributed by atoms with Crippen molar-refractivity contribution in [2.75, 3.05) is 0 Å². The number of hydrogen-bond donors (Lipinski definition) is 0. The Morgan fingerprint density at radius 3 is 1.96 bits per heavy atom. The monoisotopic (exact) mass is 308 g/mol. The van der Waals surface area contributed by atoms with E-state index in [0.717, 1.165) is 11.1 Å². The number of rotatable bonds is 7. The van der Waals surface area contributed by atoms with Crippen molar-refractivity contribution in [1.29, 1.82) is 0 Å². The largest absolute Gasteiger partial charge is 0.0985 e. The Balaban J connectivity index is 2.64. The summed E-state index contributed by atoms with van der Waals surface area (Å²) < 4.78 is 0. The molecule has 0 aliphatic heterocycles. The zero-order valence-electron chi connectivity index (χ0n) is 15.2. The van der Waals surface area contributed by atoms with Gasteiger partial charge in [0.25, 0.3) is 0 Å². The first kappa shape index (κ1) is 19.2. The molecule has 0 N–H and O–H groups in total. The maximum atomic E-state index is 4.29. The van der Waals surface area contributed by atoms with Crippen molar-refractivity contribution in [3.8, 4) is 0 Å². The molecule has 0 heteroatoms. The maximum Gasteiger partial charge on any atom is -0.0165 e. The molecule has 0 aromatic carbocycles. The first-order chi connectivity index (χ1) is 10.9. The highest BCUT2D eigenvalue weighted by atomic mass is 14.3. The van der Waals surface area contributed by atoms with Crippen LogP contribution >= 0.6 is 0 Å². The highest BCUT2D eigenvalue weighted by Crippen LogP contribution is 2.37. The van der Waals surface area contributed by atoms with E-state index in [0.29, 0.717) is 11.8 Å². The lowest BCUT2D eigenvalue weighted by molar-refractivity contribution is 0.341. The van der Waals surface area contributed by atoms with Crippen LogP contribution in [0.1, 0.15) is 46.5 Å². The summed E-state index contributed by atoms with van der Waals surface area (Å²) in [4.78, 5) is 0. The van der Waals surface area contributed by atoms with Crippen molar-refractivity contribution in [2.24, 2.45) is 11.8 Å². The molecule has 23 heavy (non-hydrogen) atoms. The van der Waals surface area contributed by atoms with Crippen LogP contribution in [0.3, 0.4) is 0 Å². The van der Waals surface area contributed by atoms with Gasteiger partial charge in [-0.3, -0.25) is 0 Å². The second kappa shape index (κ2) is 9.35. The van der Waals surface area contributed by atoms with E-state index in [1.165, 1.54) is 42.4 Å². The van der Waals surface area contributed by atoms with Crippen molar-refractivity contribution >= 4 is 0 Å². The Kier molecular flexibility index (Phi) is 7.81. The molecule has 0 heterocycles. The van der Waals surface area contributed by atoms with Crippen molar-refractivity contribution in [1.82, 2.24) is 0 Å². The Labute approximate surface area is 143 Å². The molecule has 0 nitrogen and oxygen atoms in total. The number of hydrogen-bond acceptors (Lipinski definition) is 0. The predicted octanol–water partition coefficient (Wildman–Crippen LogP) is 7.12. The molecule has 124 valence electrons. The van der Waals surface area contributed by atoms with Gasteiger partial charge in [0, 0.05) is 0 Å². The quantitative estimate of drug-likeness (QED) is 0.439. The van der Waals surface area contributed by atoms with Crippen LogP contribution in [0.4, 0.5) is 0 Å². The van der Waals surface area contributed by atoms with Gasteiger partial charge in [-0.2, -0.15) is 0 Å². The van der Waals surface area contributed by atoms with Crippen LogP contribution in [0.2, 0.25) is 0 Å². The van der Waals surface area contributed by atoms with Gasteiger partial charge < -0.3 is 0 Å². The normalized spacial score (nSPS) is 22.9. The molecule has 1 aliphatic rings. The van der Waals surface area contributed by atoms with Crippen LogP contribution in [0.5, 0.6) is 0 Å². The van der Waals surface area contributed by atoms with Crippen molar-refractivity contribution in [3.05, 3.63) is 84.6 Å². The minimum Gasteiger partial charge on any atom is -0.0985 e. The molecule has 0 aromatic rings. The van der Waals surface area contributed by atoms with E-state index in [9.17, 15) is 0 Å². The van der Waals surface area contributed by atoms with E-state index >= 15 is 0 Å². The summed E-state index contributed by atoms with van der Waals surface area (Å²) in [6, 6.07) is 0. The van der Waals surface area contributed by atoms with Crippen LogP contribution in [-0.4, -0.2) is 0 Å². The Bertz CT molecular complexity index is 555. The van der Waals surface area contributed by atoms with Crippen LogP contribution in [0, 0.1) is 11.8 Å². The molecular weight excluding hydrogens is 276 g/mol. The fourth-order valence-electron chi connectivity index (χ4n) is 3.15. The van der Waals surface area contributed by atoms with Crippen molar-refractivity contribution < 1.29 is 0 Å². The molecule has 1 saturated carbocycles. The summed E-state index contributed by atoms with van der Waals surface area (Å²) in [5.41, 5.74) is 5.95. The second-order valence-corrected chi connectivity index (χ2v) is 6.65. The van der Waals surface area contributed by atoms with E-state index in [2.05, 4.69) is 64.5 Å². The first-order valence-electron chi connectivity index (χ1n) is 8.57. The molecular formula is C23H32. The van der Waals surface area contributed by atoms with Crippen LogP contribution in [0.15, 0.2) is 84.6 Å². The third-order valence-corrected chi connectivity index (χ3v) is 4.77. The van der Waals surface area contributed by atoms with Crippen LogP contribution < -0.4 is 0 Å². The smallest absolute Gasteiger partial charge is 0.0165 e. The van der Waals surface area contributed by atoms with Gasteiger partial charge >= 0.3 is 0 Å². The van der Waals surface area contributed by atoms with E-state index in [-0.39, 0.29) is 0 Å². The summed E-state index contributed by atoms with van der Waals surface area (Å²) >= 11 is 0. The zero-order valence-corrected chi connectivity index (χ0v) is 15.2. The van der Waals surface area contributed by atoms with Gasteiger partial charge in [-0.05, 0) is 75.0 Å². The minimum atomic E-state index is 0.599. The summed E-state index contributed by atoms with van der Waals surface area (Å²) in [6.45, 7) is 22.3. The molecule has 0 unspecified atom stereocenters. The fraction of sp³-hybridized carbons (Fsp3) is 0.391. The Morgan fingerprint density at radius 2 is 1.48 bits per heavy atom. The lowest BCUT2D eigenvalue weighted by Gasteiger charge is -2.30. The number of allylic oxidation sites excluding steroid dienone is 10. The molecule has 0 amide bonds. The summed E-state index contributed by atoms with van der Waals surface area (Å²) in [5.74, 6) is 1.27. The molecule has 0 bridgehead atoms. The molecule has 1 fully saturated rings. The molecule has 1 aliphatic carbocycles. The van der Waals surface area contributed by atoms with Gasteiger partial charge in [0.05, 0.1) is 0 Å². The SMILES string of the molecule is C=CC(=C)/C(C)=C/C(=C)C1CCC(C(/C=C\C(=C)C)=C/C)CC1.